The molecule has 0 saturated heterocycles. The molecule has 0 atom stereocenters. The Morgan fingerprint density at radius 2 is 1.40 bits per heavy atom. The normalized spacial score (nSPS) is 15.4. The van der Waals surface area contributed by atoms with Crippen molar-refractivity contribution in [1.29, 1.82) is 0 Å². The molecule has 0 radical (unpaired) electrons. The summed E-state index contributed by atoms with van der Waals surface area (Å²) in [5.41, 5.74) is 1.99. The zero-order valence-electron chi connectivity index (χ0n) is 14.4. The number of carbonyl (C=O) groups excluding carboxylic acids is 2. The molecule has 2 heterocycles. The van der Waals surface area contributed by atoms with Crippen LogP contribution in [0.5, 0.6) is 0 Å². The summed E-state index contributed by atoms with van der Waals surface area (Å²) < 4.78 is 11.4. The third kappa shape index (κ3) is 4.17. The predicted molar refractivity (Wildman–Crippen MR) is 124 cm³/mol. The highest BCUT2D eigenvalue weighted by molar-refractivity contribution is 7.81. The van der Waals surface area contributed by atoms with Crippen LogP contribution >= 0.6 is 82.4 Å². The van der Waals surface area contributed by atoms with Crippen LogP contribution in [0.1, 0.15) is 42.2 Å². The molecule has 0 fully saturated rings. The van der Waals surface area contributed by atoms with Crippen LogP contribution in [0.3, 0.4) is 0 Å². The second-order valence-corrected chi connectivity index (χ2v) is 10.0. The summed E-state index contributed by atoms with van der Waals surface area (Å²) in [7, 11) is 0. The Hall–Kier alpha value is -1.06. The molecule has 0 spiro atoms. The molecule has 0 N–H and O–H groups in total. The van der Waals surface area contributed by atoms with Gasteiger partial charge in [0.15, 0.2) is 0 Å². The van der Waals surface area contributed by atoms with E-state index in [0.29, 0.717) is 22.3 Å². The van der Waals surface area contributed by atoms with E-state index in [-0.39, 0.29) is 26.6 Å². The molecule has 2 amide bonds. The topological polar surface area (TPSA) is 40.6 Å². The van der Waals surface area contributed by atoms with Crippen molar-refractivity contribution in [2.75, 3.05) is 0 Å². The molecule has 2 aliphatic rings. The van der Waals surface area contributed by atoms with Crippen molar-refractivity contribution in [2.24, 2.45) is 0 Å². The van der Waals surface area contributed by atoms with E-state index in [9.17, 15) is 14.1 Å². The van der Waals surface area contributed by atoms with Crippen LogP contribution in [-0.4, -0.2) is 35.7 Å². The van der Waals surface area contributed by atoms with Gasteiger partial charge < -0.3 is 0 Å². The second-order valence-electron chi connectivity index (χ2n) is 5.92. The Bertz CT molecular complexity index is 1060. The molecule has 4 nitrogen and oxygen atoms in total. The van der Waals surface area contributed by atoms with Gasteiger partial charge in [0.1, 0.15) is 14.8 Å². The SMILES string of the molecule is O=C1c2c(cccc2C(Cl)Cl)C(=S)N1F.O=C1c2ccccc2C(=S)N1C(Cl)(Cl)Cl. The van der Waals surface area contributed by atoms with Gasteiger partial charge in [0, 0.05) is 11.1 Å². The van der Waals surface area contributed by atoms with E-state index in [1.165, 1.54) is 0 Å². The minimum absolute atomic E-state index is 0.0698. The third-order valence-electron chi connectivity index (χ3n) is 4.18. The van der Waals surface area contributed by atoms with Gasteiger partial charge in [0.2, 0.25) is 0 Å². The van der Waals surface area contributed by atoms with E-state index >= 15 is 0 Å². The van der Waals surface area contributed by atoms with E-state index in [4.69, 9.17) is 82.4 Å². The number of rotatable bonds is 1. The van der Waals surface area contributed by atoms with Crippen molar-refractivity contribution >= 4 is 104 Å². The number of benzene rings is 2. The first-order valence-corrected chi connectivity index (χ1v) is 10.8. The van der Waals surface area contributed by atoms with E-state index < -0.39 is 14.7 Å². The molecule has 4 rings (SSSR count). The van der Waals surface area contributed by atoms with Gasteiger partial charge in [-0.15, -0.1) is 28.3 Å². The average Bonchev–Trinajstić information content (AvgIpc) is 3.08. The number of nitrogens with zero attached hydrogens (tertiary/aromatic N) is 2. The van der Waals surface area contributed by atoms with Crippen LogP contribution in [0, 0.1) is 0 Å². The quantitative estimate of drug-likeness (QED) is 0.182. The number of carbonyl (C=O) groups is 2. The van der Waals surface area contributed by atoms with Crippen LogP contribution in [0.4, 0.5) is 4.48 Å². The van der Waals surface area contributed by atoms with Crippen molar-refractivity contribution in [3.05, 3.63) is 70.3 Å². The summed E-state index contributed by atoms with van der Waals surface area (Å²) in [5, 5.41) is -0.0698. The number of fused-ring (bicyclic) bond motifs is 2. The lowest BCUT2D eigenvalue weighted by atomic mass is 10.0. The molecule has 0 aromatic heterocycles. The molecular weight excluding hydrogens is 537 g/mol. The molecule has 2 aromatic rings. The number of amides is 2. The van der Waals surface area contributed by atoms with E-state index in [1.807, 2.05) is 0 Å². The lowest BCUT2D eigenvalue weighted by molar-refractivity contribution is 0.0572. The Kier molecular flexibility index (Phi) is 6.94. The molecule has 156 valence electrons. The van der Waals surface area contributed by atoms with Gasteiger partial charge in [-0.05, 0) is 11.6 Å². The molecule has 0 bridgehead atoms. The molecule has 0 saturated carbocycles. The highest BCUT2D eigenvalue weighted by atomic mass is 35.6. The zero-order valence-corrected chi connectivity index (χ0v) is 19.8. The van der Waals surface area contributed by atoms with Crippen molar-refractivity contribution in [1.82, 2.24) is 10.0 Å². The molecule has 30 heavy (non-hydrogen) atoms. The number of hydrogen-bond donors (Lipinski definition) is 0. The largest absolute Gasteiger partial charge is 0.288 e. The number of alkyl halides is 5. The minimum Gasteiger partial charge on any atom is -0.269 e. The smallest absolute Gasteiger partial charge is 0.269 e. The number of halogens is 6. The van der Waals surface area contributed by atoms with Gasteiger partial charge in [0.25, 0.3) is 15.7 Å². The molecule has 12 heteroatoms. The first-order chi connectivity index (χ1) is 14.0. The van der Waals surface area contributed by atoms with Crippen molar-refractivity contribution in [2.45, 2.75) is 8.75 Å². The molecule has 2 aromatic carbocycles. The first kappa shape index (κ1) is 23.6. The van der Waals surface area contributed by atoms with Crippen molar-refractivity contribution in [3.8, 4) is 0 Å². The Labute approximate surface area is 206 Å². The lowest BCUT2D eigenvalue weighted by Gasteiger charge is -2.23. The van der Waals surface area contributed by atoms with Gasteiger partial charge in [-0.2, -0.15) is 0 Å². The minimum atomic E-state index is -1.84. The number of hydrogen-bond acceptors (Lipinski definition) is 4. The summed E-state index contributed by atoms with van der Waals surface area (Å²) in [6.45, 7) is 0. The van der Waals surface area contributed by atoms with Crippen LogP contribution < -0.4 is 0 Å². The van der Waals surface area contributed by atoms with E-state index in [0.717, 1.165) is 4.90 Å². The van der Waals surface area contributed by atoms with Crippen LogP contribution in [0.2, 0.25) is 0 Å². The molecule has 2 aliphatic heterocycles. The molecule has 0 aliphatic carbocycles. The van der Waals surface area contributed by atoms with Crippen LogP contribution in [0.25, 0.3) is 0 Å². The fourth-order valence-corrected chi connectivity index (χ4v) is 4.53. The highest BCUT2D eigenvalue weighted by Gasteiger charge is 2.43. The maximum Gasteiger partial charge on any atom is 0.288 e. The summed E-state index contributed by atoms with van der Waals surface area (Å²) >= 11 is 38.2. The van der Waals surface area contributed by atoms with Crippen molar-refractivity contribution in [3.63, 3.8) is 0 Å². The fraction of sp³-hybridized carbons (Fsp3) is 0.111. The van der Waals surface area contributed by atoms with Gasteiger partial charge in [-0.3, -0.25) is 14.5 Å². The second kappa shape index (κ2) is 8.82. The monoisotopic (exact) mass is 542 g/mol. The summed E-state index contributed by atoms with van der Waals surface area (Å²) in [5.74, 6) is -1.19. The Morgan fingerprint density at radius 3 is 1.93 bits per heavy atom. The highest BCUT2D eigenvalue weighted by Crippen LogP contribution is 2.38. The average molecular weight is 545 g/mol. The molecule has 0 unspecified atom stereocenters. The van der Waals surface area contributed by atoms with Crippen LogP contribution in [0.15, 0.2) is 42.5 Å². The lowest BCUT2D eigenvalue weighted by Crippen LogP contribution is -2.39. The van der Waals surface area contributed by atoms with Crippen LogP contribution in [-0.2, 0) is 0 Å². The third-order valence-corrected chi connectivity index (χ3v) is 5.94. The Morgan fingerprint density at radius 1 is 0.833 bits per heavy atom. The maximum atomic E-state index is 13.2. The maximum absolute atomic E-state index is 13.2. The summed E-state index contributed by atoms with van der Waals surface area (Å²) in [6, 6.07) is 11.7. The zero-order chi connectivity index (χ0) is 22.4. The van der Waals surface area contributed by atoms with Gasteiger partial charge >= 0.3 is 0 Å². The van der Waals surface area contributed by atoms with Gasteiger partial charge in [-0.1, -0.05) is 100 Å². The predicted octanol–water partition coefficient (Wildman–Crippen LogP) is 6.32. The summed E-state index contributed by atoms with van der Waals surface area (Å²) in [4.78, 5) is 23.5. The van der Waals surface area contributed by atoms with E-state index in [2.05, 4.69) is 0 Å². The first-order valence-electron chi connectivity index (χ1n) is 7.97. The van der Waals surface area contributed by atoms with Crippen molar-refractivity contribution < 1.29 is 14.1 Å². The number of thiocarbonyl (C=S) groups is 2. The van der Waals surface area contributed by atoms with E-state index in [1.54, 1.807) is 42.5 Å². The Balaban J connectivity index is 0.000000171. The van der Waals surface area contributed by atoms with Gasteiger partial charge in [0.05, 0.1) is 11.1 Å². The fourth-order valence-electron chi connectivity index (χ4n) is 2.88. The summed E-state index contributed by atoms with van der Waals surface area (Å²) in [6.07, 6.45) is 0. The standard InChI is InChI=1S/C9H4Cl3NOS.C9H4Cl2FNOS/c10-9(11,12)13-7(14)5-3-1-2-4-6(5)8(13)15;10-7(11)4-2-1-3-5-6(4)8(14)13(12)9(5)15/h1-4H;1-3,7H. The van der Waals surface area contributed by atoms with Gasteiger partial charge in [-0.25, -0.2) is 0 Å². The molecular formula is C18H8Cl5FN2O2S2.